The number of aromatic nitrogens is 1. The fourth-order valence-corrected chi connectivity index (χ4v) is 1.33. The van der Waals surface area contributed by atoms with Crippen LogP contribution in [0.5, 0.6) is 0 Å². The van der Waals surface area contributed by atoms with Crippen LogP contribution in [-0.2, 0) is 4.74 Å². The van der Waals surface area contributed by atoms with Gasteiger partial charge in [-0.3, -0.25) is 4.98 Å². The summed E-state index contributed by atoms with van der Waals surface area (Å²) in [4.78, 5) is 3.96. The summed E-state index contributed by atoms with van der Waals surface area (Å²) in [5.41, 5.74) is 0.786. The van der Waals surface area contributed by atoms with Gasteiger partial charge in [0.1, 0.15) is 11.9 Å². The second-order valence-electron chi connectivity index (χ2n) is 2.96. The minimum atomic E-state index is -0.312. The van der Waals surface area contributed by atoms with Crippen molar-refractivity contribution in [3.8, 4) is 0 Å². The van der Waals surface area contributed by atoms with Gasteiger partial charge in [0.15, 0.2) is 0 Å². The summed E-state index contributed by atoms with van der Waals surface area (Å²) >= 11 is 0. The molecule has 0 aromatic carbocycles. The summed E-state index contributed by atoms with van der Waals surface area (Å²) in [5.74, 6) is -0.312. The number of rotatable bonds is 1. The van der Waals surface area contributed by atoms with E-state index in [1.165, 1.54) is 12.3 Å². The van der Waals surface area contributed by atoms with Gasteiger partial charge in [-0.2, -0.15) is 0 Å². The van der Waals surface area contributed by atoms with Crippen LogP contribution in [0.25, 0.3) is 0 Å². The summed E-state index contributed by atoms with van der Waals surface area (Å²) in [6.07, 6.45) is 1.18. The van der Waals surface area contributed by atoms with Crippen molar-refractivity contribution in [3.05, 3.63) is 29.8 Å². The molecule has 2 heterocycles. The average molecular weight is 182 g/mol. The van der Waals surface area contributed by atoms with Crippen LogP contribution in [0.4, 0.5) is 4.39 Å². The molecule has 0 unspecified atom stereocenters. The molecule has 0 bridgehead atoms. The maximum Gasteiger partial charge on any atom is 0.141 e. The van der Waals surface area contributed by atoms with Gasteiger partial charge in [0.05, 0.1) is 18.5 Å². The van der Waals surface area contributed by atoms with Crippen LogP contribution < -0.4 is 5.32 Å². The highest BCUT2D eigenvalue weighted by molar-refractivity contribution is 5.09. The van der Waals surface area contributed by atoms with E-state index in [1.54, 1.807) is 6.07 Å². The average Bonchev–Trinajstić information content (AvgIpc) is 2.20. The van der Waals surface area contributed by atoms with Crippen LogP contribution in [0.3, 0.4) is 0 Å². The molecule has 3 nitrogen and oxygen atoms in total. The Kier molecular flexibility index (Phi) is 2.52. The molecule has 1 aromatic heterocycles. The predicted molar refractivity (Wildman–Crippen MR) is 45.8 cm³/mol. The number of pyridine rings is 1. The Morgan fingerprint density at radius 3 is 3.08 bits per heavy atom. The number of hydrogen-bond acceptors (Lipinski definition) is 3. The maximum atomic E-state index is 12.5. The molecule has 0 radical (unpaired) electrons. The second-order valence-corrected chi connectivity index (χ2v) is 2.96. The van der Waals surface area contributed by atoms with E-state index >= 15 is 0 Å². The fourth-order valence-electron chi connectivity index (χ4n) is 1.33. The van der Waals surface area contributed by atoms with Crippen molar-refractivity contribution < 1.29 is 9.13 Å². The molecule has 13 heavy (non-hydrogen) atoms. The summed E-state index contributed by atoms with van der Waals surface area (Å²) in [5, 5.41) is 3.19. The van der Waals surface area contributed by atoms with Crippen molar-refractivity contribution in [2.24, 2.45) is 0 Å². The van der Waals surface area contributed by atoms with Crippen molar-refractivity contribution in [1.29, 1.82) is 0 Å². The van der Waals surface area contributed by atoms with Crippen molar-refractivity contribution in [1.82, 2.24) is 10.3 Å². The molecular weight excluding hydrogens is 171 g/mol. The highest BCUT2D eigenvalue weighted by atomic mass is 19.1. The highest BCUT2D eigenvalue weighted by Gasteiger charge is 2.16. The number of morpholine rings is 1. The van der Waals surface area contributed by atoms with Gasteiger partial charge in [-0.15, -0.1) is 0 Å². The first-order chi connectivity index (χ1) is 6.36. The lowest BCUT2D eigenvalue weighted by atomic mass is 10.2. The molecular formula is C9H11FN2O. The SMILES string of the molecule is Fc1ccc([C@H]2CNCCO2)nc1. The van der Waals surface area contributed by atoms with Gasteiger partial charge >= 0.3 is 0 Å². The number of halogens is 1. The minimum absolute atomic E-state index is 0.0330. The summed E-state index contributed by atoms with van der Waals surface area (Å²) < 4.78 is 18.0. The predicted octanol–water partition coefficient (Wildman–Crippen LogP) is 0.882. The van der Waals surface area contributed by atoms with E-state index < -0.39 is 0 Å². The van der Waals surface area contributed by atoms with Crippen LogP contribution in [-0.4, -0.2) is 24.7 Å². The maximum absolute atomic E-state index is 12.5. The molecule has 1 aliphatic heterocycles. The first-order valence-electron chi connectivity index (χ1n) is 4.30. The number of nitrogens with one attached hydrogen (secondary N) is 1. The summed E-state index contributed by atoms with van der Waals surface area (Å²) in [7, 11) is 0. The standard InChI is InChI=1S/C9H11FN2O/c10-7-1-2-8(12-5-7)9-6-11-3-4-13-9/h1-2,5,9,11H,3-4,6H2/t9-/m1/s1. The molecule has 1 N–H and O–H groups in total. The molecule has 1 atom stereocenters. The zero-order valence-electron chi connectivity index (χ0n) is 7.16. The van der Waals surface area contributed by atoms with Crippen LogP contribution >= 0.6 is 0 Å². The molecule has 70 valence electrons. The van der Waals surface area contributed by atoms with Gasteiger partial charge < -0.3 is 10.1 Å². The Balaban J connectivity index is 2.10. The Morgan fingerprint density at radius 1 is 1.54 bits per heavy atom. The van der Waals surface area contributed by atoms with E-state index in [0.717, 1.165) is 18.8 Å². The quantitative estimate of drug-likeness (QED) is 0.700. The third kappa shape index (κ3) is 2.02. The molecule has 1 aliphatic rings. The van der Waals surface area contributed by atoms with Crippen molar-refractivity contribution in [2.75, 3.05) is 19.7 Å². The molecule has 1 fully saturated rings. The third-order valence-corrected chi connectivity index (χ3v) is 2.01. The largest absolute Gasteiger partial charge is 0.369 e. The van der Waals surface area contributed by atoms with Gasteiger partial charge in [-0.25, -0.2) is 4.39 Å². The Morgan fingerprint density at radius 2 is 2.46 bits per heavy atom. The number of hydrogen-bond donors (Lipinski definition) is 1. The van der Waals surface area contributed by atoms with Crippen LogP contribution in [0.15, 0.2) is 18.3 Å². The molecule has 0 spiro atoms. The van der Waals surface area contributed by atoms with Gasteiger partial charge in [-0.05, 0) is 12.1 Å². The fraction of sp³-hybridized carbons (Fsp3) is 0.444. The molecule has 0 saturated carbocycles. The first-order valence-corrected chi connectivity index (χ1v) is 4.30. The lowest BCUT2D eigenvalue weighted by Crippen LogP contribution is -2.33. The van der Waals surface area contributed by atoms with Crippen LogP contribution in [0.2, 0.25) is 0 Å². The Hall–Kier alpha value is -1.00. The van der Waals surface area contributed by atoms with E-state index in [9.17, 15) is 4.39 Å². The lowest BCUT2D eigenvalue weighted by Gasteiger charge is -2.22. The first kappa shape index (κ1) is 8.59. The van der Waals surface area contributed by atoms with Crippen LogP contribution in [0, 0.1) is 5.82 Å². The monoisotopic (exact) mass is 182 g/mol. The van der Waals surface area contributed by atoms with Gasteiger partial charge in [0, 0.05) is 13.1 Å². The summed E-state index contributed by atoms with van der Waals surface area (Å²) in [6, 6.07) is 3.06. The molecule has 1 saturated heterocycles. The van der Waals surface area contributed by atoms with Gasteiger partial charge in [0.2, 0.25) is 0 Å². The highest BCUT2D eigenvalue weighted by Crippen LogP contribution is 2.15. The van der Waals surface area contributed by atoms with E-state index in [-0.39, 0.29) is 11.9 Å². The van der Waals surface area contributed by atoms with E-state index in [2.05, 4.69) is 10.3 Å². The Bertz CT molecular complexity index is 269. The van der Waals surface area contributed by atoms with E-state index in [1.807, 2.05) is 0 Å². The second kappa shape index (κ2) is 3.81. The lowest BCUT2D eigenvalue weighted by molar-refractivity contribution is 0.0249. The van der Waals surface area contributed by atoms with Gasteiger partial charge in [0.25, 0.3) is 0 Å². The number of nitrogens with zero attached hydrogens (tertiary/aromatic N) is 1. The molecule has 4 heteroatoms. The third-order valence-electron chi connectivity index (χ3n) is 2.01. The van der Waals surface area contributed by atoms with Crippen molar-refractivity contribution in [2.45, 2.75) is 6.10 Å². The molecule has 0 amide bonds. The zero-order valence-corrected chi connectivity index (χ0v) is 7.16. The van der Waals surface area contributed by atoms with E-state index in [4.69, 9.17) is 4.74 Å². The number of ether oxygens (including phenoxy) is 1. The summed E-state index contributed by atoms with van der Waals surface area (Å²) in [6.45, 7) is 2.31. The molecule has 1 aromatic rings. The van der Waals surface area contributed by atoms with Gasteiger partial charge in [-0.1, -0.05) is 0 Å². The zero-order chi connectivity index (χ0) is 9.10. The minimum Gasteiger partial charge on any atom is -0.369 e. The smallest absolute Gasteiger partial charge is 0.141 e. The molecule has 2 rings (SSSR count). The topological polar surface area (TPSA) is 34.1 Å². The Labute approximate surface area is 75.9 Å². The molecule has 0 aliphatic carbocycles. The normalized spacial score (nSPS) is 23.0. The van der Waals surface area contributed by atoms with Crippen LogP contribution in [0.1, 0.15) is 11.8 Å². The van der Waals surface area contributed by atoms with Crippen molar-refractivity contribution in [3.63, 3.8) is 0 Å². The van der Waals surface area contributed by atoms with Crippen molar-refractivity contribution >= 4 is 0 Å². The van der Waals surface area contributed by atoms with E-state index in [0.29, 0.717) is 6.61 Å².